The summed E-state index contributed by atoms with van der Waals surface area (Å²) >= 11 is 6.25. The SMILES string of the molecule is COc1cc(N2CCN3C(CCC[C@@H]3c3ccc(OCCN4CCOCC4)c(OC)c3)C2)ccc1Cl. The summed E-state index contributed by atoms with van der Waals surface area (Å²) in [5.74, 6) is 2.38. The number of piperidine rings is 1. The van der Waals surface area contributed by atoms with Crippen LogP contribution >= 0.6 is 11.6 Å². The second kappa shape index (κ2) is 11.9. The number of methoxy groups -OCH3 is 2. The highest BCUT2D eigenvalue weighted by Crippen LogP contribution is 2.40. The average molecular weight is 516 g/mol. The zero-order valence-corrected chi connectivity index (χ0v) is 22.2. The second-order valence-electron chi connectivity index (χ2n) is 9.82. The maximum Gasteiger partial charge on any atom is 0.161 e. The van der Waals surface area contributed by atoms with E-state index in [4.69, 9.17) is 30.5 Å². The lowest BCUT2D eigenvalue weighted by molar-refractivity contribution is 0.0321. The Bertz CT molecular complexity index is 1020. The molecule has 0 aromatic heterocycles. The summed E-state index contributed by atoms with van der Waals surface area (Å²) < 4.78 is 22.8. The fourth-order valence-corrected chi connectivity index (χ4v) is 6.00. The number of rotatable bonds is 8. The second-order valence-corrected chi connectivity index (χ2v) is 10.2. The molecule has 3 fully saturated rings. The van der Waals surface area contributed by atoms with E-state index in [-0.39, 0.29) is 0 Å². The van der Waals surface area contributed by atoms with Gasteiger partial charge in [-0.15, -0.1) is 0 Å². The molecule has 5 rings (SSSR count). The molecule has 0 radical (unpaired) electrons. The quantitative estimate of drug-likeness (QED) is 0.513. The molecule has 7 nitrogen and oxygen atoms in total. The molecule has 2 aromatic rings. The summed E-state index contributed by atoms with van der Waals surface area (Å²) in [6.07, 6.45) is 3.62. The van der Waals surface area contributed by atoms with E-state index in [1.807, 2.05) is 6.07 Å². The smallest absolute Gasteiger partial charge is 0.161 e. The van der Waals surface area contributed by atoms with Crippen molar-refractivity contribution in [3.05, 3.63) is 47.0 Å². The third-order valence-corrected chi connectivity index (χ3v) is 8.10. The van der Waals surface area contributed by atoms with E-state index < -0.39 is 0 Å². The summed E-state index contributed by atoms with van der Waals surface area (Å²) in [4.78, 5) is 7.54. The Morgan fingerprint density at radius 2 is 1.75 bits per heavy atom. The number of hydrogen-bond acceptors (Lipinski definition) is 7. The maximum absolute atomic E-state index is 6.25. The van der Waals surface area contributed by atoms with Gasteiger partial charge >= 0.3 is 0 Å². The molecular formula is C28H38ClN3O4. The minimum absolute atomic E-state index is 0.405. The predicted molar refractivity (Wildman–Crippen MR) is 143 cm³/mol. The first-order valence-electron chi connectivity index (χ1n) is 13.1. The van der Waals surface area contributed by atoms with Crippen molar-refractivity contribution < 1.29 is 18.9 Å². The molecule has 36 heavy (non-hydrogen) atoms. The predicted octanol–water partition coefficient (Wildman–Crippen LogP) is 4.48. The molecule has 0 spiro atoms. The highest BCUT2D eigenvalue weighted by atomic mass is 35.5. The Balaban J connectivity index is 1.23. The summed E-state index contributed by atoms with van der Waals surface area (Å²) in [5.41, 5.74) is 2.50. The van der Waals surface area contributed by atoms with Crippen LogP contribution in [0.4, 0.5) is 5.69 Å². The fraction of sp³-hybridized carbons (Fsp3) is 0.571. The van der Waals surface area contributed by atoms with Crippen LogP contribution in [0.1, 0.15) is 30.9 Å². The number of benzene rings is 2. The van der Waals surface area contributed by atoms with Gasteiger partial charge in [0.15, 0.2) is 11.5 Å². The molecule has 8 heteroatoms. The lowest BCUT2D eigenvalue weighted by Gasteiger charge is -2.49. The molecule has 3 heterocycles. The Labute approximate surface area is 219 Å². The molecule has 0 saturated carbocycles. The molecule has 2 aromatic carbocycles. The van der Waals surface area contributed by atoms with Crippen molar-refractivity contribution in [2.75, 3.05) is 78.2 Å². The lowest BCUT2D eigenvalue weighted by atomic mass is 9.89. The van der Waals surface area contributed by atoms with Gasteiger partial charge in [0, 0.05) is 63.1 Å². The van der Waals surface area contributed by atoms with Gasteiger partial charge in [-0.2, -0.15) is 0 Å². The number of halogens is 1. The van der Waals surface area contributed by atoms with Crippen LogP contribution < -0.4 is 19.1 Å². The van der Waals surface area contributed by atoms with Crippen LogP contribution in [0.3, 0.4) is 0 Å². The van der Waals surface area contributed by atoms with Gasteiger partial charge in [0.2, 0.25) is 0 Å². The Kier molecular flexibility index (Phi) is 8.42. The summed E-state index contributed by atoms with van der Waals surface area (Å²) in [7, 11) is 3.40. The number of fused-ring (bicyclic) bond motifs is 1. The lowest BCUT2D eigenvalue weighted by Crippen LogP contribution is -2.55. The van der Waals surface area contributed by atoms with Crippen LogP contribution in [0.25, 0.3) is 0 Å². The van der Waals surface area contributed by atoms with Crippen molar-refractivity contribution in [2.24, 2.45) is 0 Å². The molecule has 3 aliphatic rings. The van der Waals surface area contributed by atoms with E-state index in [2.05, 4.69) is 45.0 Å². The third kappa shape index (κ3) is 5.70. The average Bonchev–Trinajstić information content (AvgIpc) is 2.93. The van der Waals surface area contributed by atoms with Crippen LogP contribution in [0.5, 0.6) is 17.2 Å². The van der Waals surface area contributed by atoms with Crippen LogP contribution in [0.15, 0.2) is 36.4 Å². The third-order valence-electron chi connectivity index (χ3n) is 7.78. The summed E-state index contributed by atoms with van der Waals surface area (Å²) in [5, 5.41) is 0.653. The van der Waals surface area contributed by atoms with Gasteiger partial charge in [-0.05, 0) is 49.1 Å². The number of morpholine rings is 1. The number of hydrogen-bond donors (Lipinski definition) is 0. The van der Waals surface area contributed by atoms with Crippen molar-refractivity contribution >= 4 is 17.3 Å². The van der Waals surface area contributed by atoms with Crippen molar-refractivity contribution in [1.29, 1.82) is 0 Å². The fourth-order valence-electron chi connectivity index (χ4n) is 5.81. The molecule has 196 valence electrons. The molecule has 3 aliphatic heterocycles. The molecule has 0 amide bonds. The van der Waals surface area contributed by atoms with Gasteiger partial charge < -0.3 is 23.8 Å². The zero-order valence-electron chi connectivity index (χ0n) is 21.5. The van der Waals surface area contributed by atoms with Crippen molar-refractivity contribution in [2.45, 2.75) is 31.3 Å². The number of anilines is 1. The number of nitrogens with zero attached hydrogens (tertiary/aromatic N) is 3. The van der Waals surface area contributed by atoms with E-state index in [1.165, 1.54) is 30.5 Å². The van der Waals surface area contributed by atoms with E-state index >= 15 is 0 Å². The Morgan fingerprint density at radius 3 is 2.56 bits per heavy atom. The molecule has 0 bridgehead atoms. The van der Waals surface area contributed by atoms with E-state index in [9.17, 15) is 0 Å². The van der Waals surface area contributed by atoms with Gasteiger partial charge in [0.1, 0.15) is 12.4 Å². The maximum atomic E-state index is 6.25. The highest BCUT2D eigenvalue weighted by molar-refractivity contribution is 6.32. The molecule has 3 saturated heterocycles. The zero-order chi connectivity index (χ0) is 24.9. The van der Waals surface area contributed by atoms with Gasteiger partial charge in [0.05, 0.1) is 32.5 Å². The molecule has 0 aliphatic carbocycles. The van der Waals surface area contributed by atoms with Crippen LogP contribution in [-0.4, -0.2) is 89.2 Å². The highest BCUT2D eigenvalue weighted by Gasteiger charge is 2.36. The van der Waals surface area contributed by atoms with Gasteiger partial charge in [-0.25, -0.2) is 0 Å². The topological polar surface area (TPSA) is 46.6 Å². The van der Waals surface area contributed by atoms with Gasteiger partial charge in [0.25, 0.3) is 0 Å². The van der Waals surface area contributed by atoms with E-state index in [0.29, 0.717) is 23.7 Å². The molecule has 0 N–H and O–H groups in total. The van der Waals surface area contributed by atoms with Crippen LogP contribution in [0.2, 0.25) is 5.02 Å². The van der Waals surface area contributed by atoms with Crippen molar-refractivity contribution in [3.63, 3.8) is 0 Å². The van der Waals surface area contributed by atoms with Crippen LogP contribution in [-0.2, 0) is 4.74 Å². The number of ether oxygens (including phenoxy) is 4. The van der Waals surface area contributed by atoms with Crippen molar-refractivity contribution in [3.8, 4) is 17.2 Å². The molecule has 1 unspecified atom stereocenters. The first-order valence-corrected chi connectivity index (χ1v) is 13.5. The minimum Gasteiger partial charge on any atom is -0.495 e. The first kappa shape index (κ1) is 25.5. The van der Waals surface area contributed by atoms with E-state index in [0.717, 1.165) is 69.7 Å². The summed E-state index contributed by atoms with van der Waals surface area (Å²) in [6, 6.07) is 13.5. The Hall–Kier alpha value is -2.19. The van der Waals surface area contributed by atoms with Gasteiger partial charge in [-0.3, -0.25) is 9.80 Å². The number of piperazine rings is 1. The van der Waals surface area contributed by atoms with Crippen molar-refractivity contribution in [1.82, 2.24) is 9.80 Å². The molecular weight excluding hydrogens is 478 g/mol. The summed E-state index contributed by atoms with van der Waals surface area (Å²) in [6.45, 7) is 8.15. The molecule has 2 atom stereocenters. The van der Waals surface area contributed by atoms with E-state index in [1.54, 1.807) is 14.2 Å². The normalized spacial score (nSPS) is 23.2. The first-order chi connectivity index (χ1) is 17.7. The Morgan fingerprint density at radius 1 is 0.917 bits per heavy atom. The largest absolute Gasteiger partial charge is 0.495 e. The standard InChI is InChI=1S/C28H38ClN3O4/c1-33-27-19-22(7-8-24(27)29)31-10-11-32-23(20-31)4-3-5-25(32)21-6-9-26(28(18-21)34-2)36-17-14-30-12-15-35-16-13-30/h6-9,18-19,23,25H,3-5,10-17,20H2,1-2H3/t23?,25-/m1/s1. The van der Waals surface area contributed by atoms with Gasteiger partial charge in [-0.1, -0.05) is 17.7 Å². The monoisotopic (exact) mass is 515 g/mol. The minimum atomic E-state index is 0.405. The van der Waals surface area contributed by atoms with Crippen LogP contribution in [0, 0.1) is 0 Å².